The number of nitrogens with one attached hydrogen (secondary N) is 1. The van der Waals surface area contributed by atoms with E-state index in [0.29, 0.717) is 40.9 Å². The molecule has 2 atom stereocenters. The molecule has 0 aromatic heterocycles. The van der Waals surface area contributed by atoms with Crippen molar-refractivity contribution in [2.24, 2.45) is 11.1 Å². The van der Waals surface area contributed by atoms with E-state index in [0.717, 1.165) is 42.6 Å². The monoisotopic (exact) mass is 621 g/mol. The van der Waals surface area contributed by atoms with Gasteiger partial charge in [0.2, 0.25) is 0 Å². The van der Waals surface area contributed by atoms with Gasteiger partial charge in [0.25, 0.3) is 6.43 Å². The quantitative estimate of drug-likeness (QED) is 0.103. The highest BCUT2D eigenvalue weighted by Gasteiger charge is 2.30. The van der Waals surface area contributed by atoms with Crippen LogP contribution in [-0.2, 0) is 0 Å². The number of alkyl halides is 2. The zero-order valence-corrected chi connectivity index (χ0v) is 27.4. The van der Waals surface area contributed by atoms with E-state index in [4.69, 9.17) is 5.73 Å². The van der Waals surface area contributed by atoms with Gasteiger partial charge in [0, 0.05) is 22.9 Å². The number of rotatable bonds is 17. The van der Waals surface area contributed by atoms with Gasteiger partial charge in [-0.25, -0.2) is 17.6 Å². The highest BCUT2D eigenvalue weighted by Crippen LogP contribution is 2.42. The molecular weight excluding hydrogens is 574 g/mol. The van der Waals surface area contributed by atoms with Crippen LogP contribution in [0, 0.1) is 16.7 Å². The van der Waals surface area contributed by atoms with Crippen molar-refractivity contribution >= 4 is 11.3 Å². The Hall–Kier alpha value is -4.15. The van der Waals surface area contributed by atoms with Crippen LogP contribution in [0.5, 0.6) is 0 Å². The molecule has 45 heavy (non-hydrogen) atoms. The Labute approximate surface area is 267 Å². The molecule has 7 heteroatoms. The molecule has 242 valence electrons. The third kappa shape index (κ3) is 11.4. The maximum absolute atomic E-state index is 13.8. The van der Waals surface area contributed by atoms with Crippen molar-refractivity contribution in [3.63, 3.8) is 0 Å². The summed E-state index contributed by atoms with van der Waals surface area (Å²) >= 11 is 0. The van der Waals surface area contributed by atoms with Crippen molar-refractivity contribution in [3.05, 3.63) is 131 Å². The number of halogens is 4. The first-order valence-corrected chi connectivity index (χ1v) is 14.9. The minimum absolute atomic E-state index is 0.139. The molecule has 0 spiro atoms. The van der Waals surface area contributed by atoms with E-state index in [2.05, 4.69) is 38.0 Å². The zero-order valence-electron chi connectivity index (χ0n) is 27.4. The Morgan fingerprint density at radius 1 is 1.13 bits per heavy atom. The second-order valence-electron chi connectivity index (χ2n) is 11.3. The third-order valence-electron chi connectivity index (χ3n) is 7.53. The highest BCUT2D eigenvalue weighted by atomic mass is 19.3. The smallest absolute Gasteiger partial charge is 0.263 e. The second kappa shape index (κ2) is 18.6. The molecule has 1 rings (SSSR count). The first kappa shape index (κ1) is 38.9. The molecular formula is C38H47F4N3. The standard InChI is InChI=1S/C38H47F4N3/c1-10-29(22-31(24-44)25(3)4)32-23-30(37(41)42)17-18-35(32)45-28(8)36(26(5)6)33(11-2)38(9,20-15-21-43)19-14-12-13-16-34(40)27(7)39/h10-14,16-18,22-23,28,37,45H,2-3,5,15,19-21,43H2,1,4,6-9H3/b14-12+,16-13-,29-10+,31-22-,34-27-,36-33+. The molecule has 0 heterocycles. The molecule has 1 aromatic rings. The van der Waals surface area contributed by atoms with E-state index in [1.165, 1.54) is 18.2 Å². The van der Waals surface area contributed by atoms with Crippen LogP contribution in [0.1, 0.15) is 78.4 Å². The molecule has 0 fully saturated rings. The van der Waals surface area contributed by atoms with Crippen molar-refractivity contribution in [1.29, 1.82) is 5.26 Å². The topological polar surface area (TPSA) is 61.8 Å². The molecule has 1 aromatic carbocycles. The van der Waals surface area contributed by atoms with Crippen molar-refractivity contribution in [2.45, 2.75) is 73.3 Å². The van der Waals surface area contributed by atoms with Crippen LogP contribution in [0.3, 0.4) is 0 Å². The lowest BCUT2D eigenvalue weighted by atomic mass is 9.71. The highest BCUT2D eigenvalue weighted by molar-refractivity contribution is 5.84. The molecule has 2 unspecified atom stereocenters. The summed E-state index contributed by atoms with van der Waals surface area (Å²) in [5, 5.41) is 13.1. The molecule has 3 nitrogen and oxygen atoms in total. The van der Waals surface area contributed by atoms with Gasteiger partial charge in [0.15, 0.2) is 5.83 Å². The minimum atomic E-state index is -2.67. The maximum atomic E-state index is 13.8. The van der Waals surface area contributed by atoms with Crippen LogP contribution in [0.4, 0.5) is 23.2 Å². The molecule has 0 amide bonds. The van der Waals surface area contributed by atoms with E-state index in [-0.39, 0.29) is 11.6 Å². The van der Waals surface area contributed by atoms with Gasteiger partial charge >= 0.3 is 0 Å². The number of anilines is 1. The van der Waals surface area contributed by atoms with Crippen LogP contribution in [0.15, 0.2) is 120 Å². The number of hydrogen-bond acceptors (Lipinski definition) is 3. The van der Waals surface area contributed by atoms with Gasteiger partial charge < -0.3 is 11.1 Å². The number of nitriles is 1. The Morgan fingerprint density at radius 2 is 1.80 bits per heavy atom. The largest absolute Gasteiger partial charge is 0.378 e. The van der Waals surface area contributed by atoms with Gasteiger partial charge in [-0.1, -0.05) is 68.7 Å². The lowest BCUT2D eigenvalue weighted by Gasteiger charge is -2.35. The van der Waals surface area contributed by atoms with Crippen LogP contribution < -0.4 is 11.1 Å². The van der Waals surface area contributed by atoms with Gasteiger partial charge in [-0.15, -0.1) is 0 Å². The summed E-state index contributed by atoms with van der Waals surface area (Å²) in [6.07, 6.45) is 10.7. The number of benzene rings is 1. The van der Waals surface area contributed by atoms with Crippen molar-refractivity contribution in [3.8, 4) is 6.07 Å². The Kier molecular flexibility index (Phi) is 16.1. The van der Waals surface area contributed by atoms with Gasteiger partial charge in [0.1, 0.15) is 5.83 Å². The van der Waals surface area contributed by atoms with Crippen LogP contribution in [-0.4, -0.2) is 12.6 Å². The summed E-state index contributed by atoms with van der Waals surface area (Å²) in [6.45, 7) is 23.3. The van der Waals surface area contributed by atoms with E-state index in [1.807, 2.05) is 26.0 Å². The lowest BCUT2D eigenvalue weighted by Crippen LogP contribution is -2.27. The molecule has 0 saturated heterocycles. The Balaban J connectivity index is 3.78. The van der Waals surface area contributed by atoms with E-state index >= 15 is 0 Å². The molecule has 0 aliphatic rings. The SMILES string of the molecule is C=C/C(=C(/C(=C)C)C(C)Nc1ccc(C(F)F)cc1C(/C=C(/C#N)C(=C)C)=C/C)C(C)(C/C=C/C=C\C(F)=C(/C)F)CCCN. The maximum Gasteiger partial charge on any atom is 0.263 e. The number of nitrogens with two attached hydrogens (primary N) is 1. The van der Waals surface area contributed by atoms with Gasteiger partial charge in [-0.3, -0.25) is 0 Å². The van der Waals surface area contributed by atoms with E-state index in [1.54, 1.807) is 38.1 Å². The average Bonchev–Trinajstić information content (AvgIpc) is 2.98. The van der Waals surface area contributed by atoms with Gasteiger partial charge in [0.05, 0.1) is 11.6 Å². The van der Waals surface area contributed by atoms with Crippen molar-refractivity contribution < 1.29 is 17.6 Å². The summed E-state index contributed by atoms with van der Waals surface area (Å²) in [6, 6.07) is 6.23. The molecule has 0 aliphatic carbocycles. The second-order valence-corrected chi connectivity index (χ2v) is 11.3. The van der Waals surface area contributed by atoms with E-state index in [9.17, 15) is 22.8 Å². The number of nitrogens with zero attached hydrogens (tertiary/aromatic N) is 1. The lowest BCUT2D eigenvalue weighted by molar-refractivity contribution is 0.151. The number of hydrogen-bond donors (Lipinski definition) is 2. The fourth-order valence-electron chi connectivity index (χ4n) is 5.11. The predicted molar refractivity (Wildman–Crippen MR) is 183 cm³/mol. The van der Waals surface area contributed by atoms with Crippen molar-refractivity contribution in [1.82, 2.24) is 0 Å². The fourth-order valence-corrected chi connectivity index (χ4v) is 5.11. The Bertz CT molecular complexity index is 1460. The first-order chi connectivity index (χ1) is 21.2. The summed E-state index contributed by atoms with van der Waals surface area (Å²) in [4.78, 5) is 0. The zero-order chi connectivity index (χ0) is 34.3. The first-order valence-electron chi connectivity index (χ1n) is 14.9. The molecule has 0 radical (unpaired) electrons. The average molecular weight is 622 g/mol. The molecule has 0 aliphatic heterocycles. The predicted octanol–water partition coefficient (Wildman–Crippen LogP) is 11.3. The molecule has 3 N–H and O–H groups in total. The third-order valence-corrected chi connectivity index (χ3v) is 7.53. The van der Waals surface area contributed by atoms with Gasteiger partial charge in [-0.05, 0) is 112 Å². The molecule has 0 saturated carbocycles. The summed E-state index contributed by atoms with van der Waals surface area (Å²) < 4.78 is 54.2. The van der Waals surface area contributed by atoms with Crippen molar-refractivity contribution in [2.75, 3.05) is 11.9 Å². The Morgan fingerprint density at radius 3 is 2.29 bits per heavy atom. The summed E-state index contributed by atoms with van der Waals surface area (Å²) in [5.74, 6) is -1.81. The summed E-state index contributed by atoms with van der Waals surface area (Å²) in [7, 11) is 0. The number of allylic oxidation sites excluding steroid dienone is 13. The summed E-state index contributed by atoms with van der Waals surface area (Å²) in [5.41, 5.74) is 10.6. The minimum Gasteiger partial charge on any atom is -0.378 e. The fraction of sp³-hybridized carbons (Fsp3) is 0.342. The normalized spacial score (nSPS) is 15.8. The van der Waals surface area contributed by atoms with Crippen LogP contribution >= 0.6 is 0 Å². The van der Waals surface area contributed by atoms with E-state index < -0.39 is 23.5 Å². The van der Waals surface area contributed by atoms with Crippen LogP contribution in [0.2, 0.25) is 0 Å². The molecule has 0 bridgehead atoms. The van der Waals surface area contributed by atoms with Gasteiger partial charge in [-0.2, -0.15) is 5.26 Å². The van der Waals surface area contributed by atoms with Crippen LogP contribution in [0.25, 0.3) is 5.57 Å².